The summed E-state index contributed by atoms with van der Waals surface area (Å²) in [5, 5.41) is 10.9. The molecule has 0 aliphatic heterocycles. The average molecular weight is 519 g/mol. The Balaban J connectivity index is 1.65. The summed E-state index contributed by atoms with van der Waals surface area (Å²) >= 11 is 0. The number of rotatable bonds is 18. The molecule has 9 nitrogen and oxygen atoms in total. The van der Waals surface area contributed by atoms with E-state index in [0.29, 0.717) is 37.7 Å². The van der Waals surface area contributed by atoms with E-state index in [2.05, 4.69) is 4.90 Å². The van der Waals surface area contributed by atoms with E-state index < -0.39 is 4.92 Å². The first-order valence-electron chi connectivity index (χ1n) is 13.7. The van der Waals surface area contributed by atoms with Gasteiger partial charge in [0.1, 0.15) is 5.75 Å². The van der Waals surface area contributed by atoms with E-state index in [-0.39, 0.29) is 23.1 Å². The zero-order valence-corrected chi connectivity index (χ0v) is 22.2. The van der Waals surface area contributed by atoms with E-state index in [1.807, 2.05) is 0 Å². The normalized spacial score (nSPS) is 13.6. The van der Waals surface area contributed by atoms with E-state index >= 15 is 0 Å². The predicted molar refractivity (Wildman–Crippen MR) is 141 cm³/mol. The Morgan fingerprint density at radius 3 is 2.35 bits per heavy atom. The van der Waals surface area contributed by atoms with Gasteiger partial charge in [-0.15, -0.1) is 0 Å². The van der Waals surface area contributed by atoms with Crippen LogP contribution in [0.2, 0.25) is 0 Å². The molecule has 1 amide bonds. The van der Waals surface area contributed by atoms with E-state index in [1.54, 1.807) is 0 Å². The minimum Gasteiger partial charge on any atom is -0.494 e. The molecular formula is C28H42N2O7. The maximum Gasteiger partial charge on any atom is 0.302 e. The Kier molecular flexibility index (Phi) is 14.3. The van der Waals surface area contributed by atoms with Crippen molar-refractivity contribution >= 4 is 23.9 Å². The lowest BCUT2D eigenvalue weighted by molar-refractivity contribution is -0.385. The van der Waals surface area contributed by atoms with Crippen LogP contribution < -0.4 is 4.74 Å². The number of esters is 1. The molecule has 0 atom stereocenters. The van der Waals surface area contributed by atoms with Gasteiger partial charge < -0.3 is 14.4 Å². The van der Waals surface area contributed by atoms with Crippen LogP contribution in [0, 0.1) is 10.1 Å². The van der Waals surface area contributed by atoms with Gasteiger partial charge in [0.2, 0.25) is 5.91 Å². The number of carbonyl (C=O) groups is 3. The molecular weight excluding hydrogens is 476 g/mol. The van der Waals surface area contributed by atoms with Gasteiger partial charge in [-0.05, 0) is 57.1 Å². The zero-order valence-electron chi connectivity index (χ0n) is 22.2. The summed E-state index contributed by atoms with van der Waals surface area (Å²) in [5.74, 6) is 0.465. The van der Waals surface area contributed by atoms with Gasteiger partial charge in [-0.2, -0.15) is 0 Å². The molecule has 37 heavy (non-hydrogen) atoms. The Morgan fingerprint density at radius 1 is 1.00 bits per heavy atom. The molecule has 0 heterocycles. The van der Waals surface area contributed by atoms with Crippen molar-refractivity contribution < 1.29 is 28.8 Å². The standard InChI is InChI=1S/C28H42N2O7/c1-23(32)36-19-11-5-3-10-18-29(25-13-7-6-8-14-25)28(33)15-9-2-4-12-20-37-26-16-17-27(30(34)35)24(21-26)22-31/h16-17,21-22,25H,2-15,18-20H2,1H3. The molecule has 0 saturated heterocycles. The van der Waals surface area contributed by atoms with Crippen LogP contribution in [0.4, 0.5) is 5.69 Å². The number of unbranched alkanes of at least 4 members (excludes halogenated alkanes) is 6. The molecule has 206 valence electrons. The Morgan fingerprint density at radius 2 is 1.68 bits per heavy atom. The number of aldehydes is 1. The van der Waals surface area contributed by atoms with E-state index in [0.717, 1.165) is 70.8 Å². The average Bonchev–Trinajstić information content (AvgIpc) is 2.89. The van der Waals surface area contributed by atoms with Crippen LogP contribution in [-0.4, -0.2) is 53.8 Å². The molecule has 2 rings (SSSR count). The lowest BCUT2D eigenvalue weighted by Gasteiger charge is -2.34. The molecule has 0 spiro atoms. The number of carbonyl (C=O) groups excluding carboxylic acids is 3. The second-order valence-electron chi connectivity index (χ2n) is 9.74. The van der Waals surface area contributed by atoms with Gasteiger partial charge in [0.25, 0.3) is 5.69 Å². The lowest BCUT2D eigenvalue weighted by atomic mass is 9.93. The number of benzene rings is 1. The van der Waals surface area contributed by atoms with Gasteiger partial charge in [0.15, 0.2) is 6.29 Å². The minimum atomic E-state index is -0.585. The second-order valence-corrected chi connectivity index (χ2v) is 9.74. The van der Waals surface area contributed by atoms with Crippen molar-refractivity contribution in [2.24, 2.45) is 0 Å². The molecule has 0 N–H and O–H groups in total. The minimum absolute atomic E-state index is 0.00512. The lowest BCUT2D eigenvalue weighted by Crippen LogP contribution is -2.42. The van der Waals surface area contributed by atoms with Crippen LogP contribution in [0.25, 0.3) is 0 Å². The molecule has 1 aromatic carbocycles. The Bertz CT molecular complexity index is 868. The summed E-state index contributed by atoms with van der Waals surface area (Å²) in [6.07, 6.45) is 14.3. The highest BCUT2D eigenvalue weighted by molar-refractivity contribution is 5.82. The molecule has 0 bridgehead atoms. The third-order valence-corrected chi connectivity index (χ3v) is 6.81. The fourth-order valence-electron chi connectivity index (χ4n) is 4.81. The number of nitro groups is 1. The summed E-state index contributed by atoms with van der Waals surface area (Å²) in [6.45, 7) is 3.16. The Labute approximate surface area is 220 Å². The summed E-state index contributed by atoms with van der Waals surface area (Å²) in [6, 6.07) is 4.55. The highest BCUT2D eigenvalue weighted by Crippen LogP contribution is 2.25. The van der Waals surface area contributed by atoms with Gasteiger partial charge >= 0.3 is 5.97 Å². The highest BCUT2D eigenvalue weighted by atomic mass is 16.6. The van der Waals surface area contributed by atoms with Gasteiger partial charge in [-0.25, -0.2) is 0 Å². The third kappa shape index (κ3) is 11.7. The van der Waals surface area contributed by atoms with E-state index in [9.17, 15) is 24.5 Å². The number of nitro benzene ring substituents is 1. The van der Waals surface area contributed by atoms with Gasteiger partial charge in [-0.1, -0.05) is 38.5 Å². The van der Waals surface area contributed by atoms with Crippen molar-refractivity contribution in [3.8, 4) is 5.75 Å². The molecule has 9 heteroatoms. The smallest absolute Gasteiger partial charge is 0.302 e. The third-order valence-electron chi connectivity index (χ3n) is 6.81. The number of amides is 1. The highest BCUT2D eigenvalue weighted by Gasteiger charge is 2.24. The van der Waals surface area contributed by atoms with Gasteiger partial charge in [0, 0.05) is 32.0 Å². The van der Waals surface area contributed by atoms with Crippen molar-refractivity contribution in [1.82, 2.24) is 4.90 Å². The maximum absolute atomic E-state index is 13.1. The number of nitrogens with zero attached hydrogens (tertiary/aromatic N) is 2. The second kappa shape index (κ2) is 17.5. The monoisotopic (exact) mass is 518 g/mol. The predicted octanol–water partition coefficient (Wildman–Crippen LogP) is 6.02. The van der Waals surface area contributed by atoms with Crippen LogP contribution in [0.1, 0.15) is 107 Å². The van der Waals surface area contributed by atoms with E-state index in [4.69, 9.17) is 9.47 Å². The summed E-state index contributed by atoms with van der Waals surface area (Å²) < 4.78 is 10.6. The van der Waals surface area contributed by atoms with Crippen molar-refractivity contribution in [3.05, 3.63) is 33.9 Å². The van der Waals surface area contributed by atoms with Crippen LogP contribution >= 0.6 is 0 Å². The van der Waals surface area contributed by atoms with Gasteiger partial charge in [0.05, 0.1) is 23.7 Å². The van der Waals surface area contributed by atoms with Crippen LogP contribution in [0.3, 0.4) is 0 Å². The summed E-state index contributed by atoms with van der Waals surface area (Å²) in [5.41, 5.74) is -0.223. The first-order chi connectivity index (χ1) is 17.9. The van der Waals surface area contributed by atoms with Crippen LogP contribution in [0.15, 0.2) is 18.2 Å². The largest absolute Gasteiger partial charge is 0.494 e. The zero-order chi connectivity index (χ0) is 26.9. The van der Waals surface area contributed by atoms with Crippen molar-refractivity contribution in [1.29, 1.82) is 0 Å². The molecule has 0 radical (unpaired) electrons. The first kappa shape index (κ1) is 30.3. The van der Waals surface area contributed by atoms with Gasteiger partial charge in [-0.3, -0.25) is 24.5 Å². The summed E-state index contributed by atoms with van der Waals surface area (Å²) in [7, 11) is 0. The number of hydrogen-bond acceptors (Lipinski definition) is 7. The Hall–Kier alpha value is -2.97. The number of hydrogen-bond donors (Lipinski definition) is 0. The molecule has 1 aliphatic carbocycles. The fraction of sp³-hybridized carbons (Fsp3) is 0.679. The fourth-order valence-corrected chi connectivity index (χ4v) is 4.81. The van der Waals surface area contributed by atoms with Crippen molar-refractivity contribution in [2.75, 3.05) is 19.8 Å². The van der Waals surface area contributed by atoms with Crippen molar-refractivity contribution in [3.63, 3.8) is 0 Å². The first-order valence-corrected chi connectivity index (χ1v) is 13.7. The van der Waals surface area contributed by atoms with Crippen LogP contribution in [0.5, 0.6) is 5.75 Å². The van der Waals surface area contributed by atoms with Crippen molar-refractivity contribution in [2.45, 2.75) is 103 Å². The van der Waals surface area contributed by atoms with Crippen LogP contribution in [-0.2, 0) is 14.3 Å². The number of ether oxygens (including phenoxy) is 2. The molecule has 1 aromatic rings. The molecule has 0 aromatic heterocycles. The molecule has 1 saturated carbocycles. The molecule has 1 fully saturated rings. The molecule has 0 unspecified atom stereocenters. The molecule has 1 aliphatic rings. The SMILES string of the molecule is CC(=O)OCCCCCCN(C(=O)CCCCCCOc1ccc([N+](=O)[O-])c(C=O)c1)C1CCCCC1. The van der Waals surface area contributed by atoms with E-state index in [1.165, 1.54) is 44.4 Å². The quantitative estimate of drug-likeness (QED) is 0.0767. The topological polar surface area (TPSA) is 116 Å². The summed E-state index contributed by atoms with van der Waals surface area (Å²) in [4.78, 5) is 47.4. The maximum atomic E-state index is 13.1.